The van der Waals surface area contributed by atoms with Gasteiger partial charge in [-0.25, -0.2) is 0 Å². The normalized spacial score (nSPS) is 15.1. The number of rotatable bonds is 1. The zero-order chi connectivity index (χ0) is 11.0. The summed E-state index contributed by atoms with van der Waals surface area (Å²) in [4.78, 5) is 13.1. The van der Waals surface area contributed by atoms with Crippen molar-refractivity contribution in [2.24, 2.45) is 0 Å². The number of aromatic hydroxyl groups is 1. The van der Waals surface area contributed by atoms with Crippen molar-refractivity contribution in [1.29, 1.82) is 0 Å². The van der Waals surface area contributed by atoms with Gasteiger partial charge in [-0.1, -0.05) is 0 Å². The molecular weight excluding hydrogens is 194 g/mol. The molecule has 0 fully saturated rings. The fourth-order valence-corrected chi connectivity index (χ4v) is 1.82. The van der Waals surface area contributed by atoms with Crippen molar-refractivity contribution in [2.45, 2.75) is 12.8 Å². The Kier molecular flexibility index (Phi) is 2.26. The molecule has 0 aromatic heterocycles. The molecule has 1 heterocycles. The molecule has 0 spiro atoms. The highest BCUT2D eigenvalue weighted by atomic mass is 16.5. The lowest BCUT2D eigenvalue weighted by Crippen LogP contribution is -2.31. The zero-order valence-corrected chi connectivity index (χ0v) is 8.78. The van der Waals surface area contributed by atoms with E-state index < -0.39 is 0 Å². The van der Waals surface area contributed by atoms with Crippen LogP contribution in [0.4, 0.5) is 5.69 Å². The molecule has 1 aromatic rings. The number of carbonyl (C=O) groups is 1. The number of carbonyl (C=O) groups excluding carboxylic acids is 1. The van der Waals surface area contributed by atoms with E-state index in [2.05, 4.69) is 0 Å². The fraction of sp³-hybridized carbons (Fsp3) is 0.364. The van der Waals surface area contributed by atoms with Crippen LogP contribution in [0.15, 0.2) is 12.1 Å². The molecule has 2 rings (SSSR count). The molecule has 0 bridgehead atoms. The summed E-state index contributed by atoms with van der Waals surface area (Å²) in [6.07, 6.45) is 1.17. The van der Waals surface area contributed by atoms with Gasteiger partial charge in [0.15, 0.2) is 11.5 Å². The van der Waals surface area contributed by atoms with Crippen molar-refractivity contribution in [3.05, 3.63) is 17.7 Å². The minimum absolute atomic E-state index is 0.0928. The van der Waals surface area contributed by atoms with Crippen LogP contribution in [0.25, 0.3) is 0 Å². The number of nitrogens with zero attached hydrogens (tertiary/aromatic N) is 1. The Labute approximate surface area is 88.1 Å². The molecule has 0 aliphatic carbocycles. The lowest BCUT2D eigenvalue weighted by atomic mass is 10.0. The fourth-order valence-electron chi connectivity index (χ4n) is 1.82. The highest BCUT2D eigenvalue weighted by Crippen LogP contribution is 2.36. The number of aryl methyl sites for hydroxylation is 1. The molecule has 0 unspecified atom stereocenters. The average molecular weight is 207 g/mol. The molecule has 4 heteroatoms. The van der Waals surface area contributed by atoms with E-state index >= 15 is 0 Å². The monoisotopic (exact) mass is 207 g/mol. The van der Waals surface area contributed by atoms with E-state index in [4.69, 9.17) is 4.74 Å². The van der Waals surface area contributed by atoms with Crippen LogP contribution >= 0.6 is 0 Å². The maximum atomic E-state index is 11.5. The summed E-state index contributed by atoms with van der Waals surface area (Å²) >= 11 is 0. The highest BCUT2D eigenvalue weighted by Gasteiger charge is 2.22. The van der Waals surface area contributed by atoms with Crippen LogP contribution < -0.4 is 9.64 Å². The van der Waals surface area contributed by atoms with E-state index in [1.807, 2.05) is 0 Å². The van der Waals surface area contributed by atoms with Crippen LogP contribution in [0.5, 0.6) is 11.5 Å². The molecule has 80 valence electrons. The maximum Gasteiger partial charge on any atom is 0.227 e. The molecule has 1 N–H and O–H groups in total. The lowest BCUT2D eigenvalue weighted by Gasteiger charge is -2.26. The summed E-state index contributed by atoms with van der Waals surface area (Å²) in [6.45, 7) is 0. The third-order valence-corrected chi connectivity index (χ3v) is 2.72. The molecule has 1 aromatic carbocycles. The third kappa shape index (κ3) is 1.52. The SMILES string of the molecule is COc1cc2c(cc1O)CCC(=O)N2C. The molecule has 1 amide bonds. The van der Waals surface area contributed by atoms with Gasteiger partial charge in [0.05, 0.1) is 12.8 Å². The van der Waals surface area contributed by atoms with E-state index in [0.717, 1.165) is 11.3 Å². The molecule has 0 saturated heterocycles. The number of phenolic OH excluding ortho intramolecular Hbond substituents is 1. The van der Waals surface area contributed by atoms with Gasteiger partial charge in [-0.05, 0) is 18.1 Å². The van der Waals surface area contributed by atoms with Crippen LogP contribution in [0.3, 0.4) is 0 Å². The number of benzene rings is 1. The Bertz CT molecular complexity index is 415. The number of fused-ring (bicyclic) bond motifs is 1. The first-order valence-electron chi connectivity index (χ1n) is 4.80. The molecule has 0 atom stereocenters. The summed E-state index contributed by atoms with van der Waals surface area (Å²) in [6, 6.07) is 3.36. The summed E-state index contributed by atoms with van der Waals surface area (Å²) in [7, 11) is 3.23. The van der Waals surface area contributed by atoms with E-state index in [-0.39, 0.29) is 11.7 Å². The number of hydrogen-bond donors (Lipinski definition) is 1. The van der Waals surface area contributed by atoms with E-state index in [1.54, 1.807) is 24.1 Å². The second-order valence-corrected chi connectivity index (χ2v) is 3.61. The van der Waals surface area contributed by atoms with Gasteiger partial charge in [0.25, 0.3) is 0 Å². The molecule has 0 saturated carbocycles. The van der Waals surface area contributed by atoms with E-state index in [0.29, 0.717) is 18.6 Å². The van der Waals surface area contributed by atoms with Gasteiger partial charge >= 0.3 is 0 Å². The predicted molar refractivity (Wildman–Crippen MR) is 56.4 cm³/mol. The van der Waals surface area contributed by atoms with E-state index in [1.165, 1.54) is 7.11 Å². The molecule has 1 aliphatic rings. The van der Waals surface area contributed by atoms with Crippen LogP contribution in [0.1, 0.15) is 12.0 Å². The first-order valence-corrected chi connectivity index (χ1v) is 4.80. The molecule has 15 heavy (non-hydrogen) atoms. The van der Waals surface area contributed by atoms with Gasteiger partial charge in [0.1, 0.15) is 0 Å². The van der Waals surface area contributed by atoms with Gasteiger partial charge in [-0.2, -0.15) is 0 Å². The maximum absolute atomic E-state index is 11.5. The zero-order valence-electron chi connectivity index (χ0n) is 8.78. The number of ether oxygens (including phenoxy) is 1. The number of hydrogen-bond acceptors (Lipinski definition) is 3. The van der Waals surface area contributed by atoms with Gasteiger partial charge in [0.2, 0.25) is 5.91 Å². The smallest absolute Gasteiger partial charge is 0.227 e. The Morgan fingerprint density at radius 1 is 1.40 bits per heavy atom. The van der Waals surface area contributed by atoms with Crippen molar-refractivity contribution < 1.29 is 14.6 Å². The molecular formula is C11H13NO3. The minimum Gasteiger partial charge on any atom is -0.504 e. The van der Waals surface area contributed by atoms with Crippen LogP contribution in [-0.2, 0) is 11.2 Å². The molecule has 0 radical (unpaired) electrons. The van der Waals surface area contributed by atoms with Crippen molar-refractivity contribution in [3.8, 4) is 11.5 Å². The Hall–Kier alpha value is -1.71. The molecule has 4 nitrogen and oxygen atoms in total. The minimum atomic E-state index is 0.0928. The van der Waals surface area contributed by atoms with Crippen LogP contribution in [0.2, 0.25) is 0 Å². The number of methoxy groups -OCH3 is 1. The second-order valence-electron chi connectivity index (χ2n) is 3.61. The predicted octanol–water partition coefficient (Wildman–Crippen LogP) is 1.31. The van der Waals surface area contributed by atoms with Crippen molar-refractivity contribution in [3.63, 3.8) is 0 Å². The standard InChI is InChI=1S/C11H13NO3/c1-12-8-6-10(15-2)9(13)5-7(8)3-4-11(12)14/h5-6,13H,3-4H2,1-2H3. The average Bonchev–Trinajstić information content (AvgIpc) is 2.23. The lowest BCUT2D eigenvalue weighted by molar-refractivity contribution is -0.118. The first kappa shape index (κ1) is 9.83. The Morgan fingerprint density at radius 3 is 2.80 bits per heavy atom. The summed E-state index contributed by atoms with van der Waals surface area (Å²) in [5, 5.41) is 9.59. The topological polar surface area (TPSA) is 49.8 Å². The number of anilines is 1. The summed E-state index contributed by atoms with van der Waals surface area (Å²) in [5.74, 6) is 0.615. The van der Waals surface area contributed by atoms with E-state index in [9.17, 15) is 9.90 Å². The Morgan fingerprint density at radius 2 is 2.13 bits per heavy atom. The summed E-state index contributed by atoms with van der Waals surface area (Å²) in [5.41, 5.74) is 1.80. The largest absolute Gasteiger partial charge is 0.504 e. The van der Waals surface area contributed by atoms with Gasteiger partial charge in [-0.3, -0.25) is 4.79 Å². The van der Waals surface area contributed by atoms with Crippen molar-refractivity contribution >= 4 is 11.6 Å². The van der Waals surface area contributed by atoms with Gasteiger partial charge in [0, 0.05) is 19.5 Å². The van der Waals surface area contributed by atoms with Crippen LogP contribution in [-0.4, -0.2) is 25.2 Å². The second kappa shape index (κ2) is 3.46. The first-order chi connectivity index (χ1) is 7.13. The van der Waals surface area contributed by atoms with Gasteiger partial charge < -0.3 is 14.7 Å². The molecule has 1 aliphatic heterocycles. The number of amides is 1. The van der Waals surface area contributed by atoms with Crippen LogP contribution in [0, 0.1) is 0 Å². The quantitative estimate of drug-likeness (QED) is 0.755. The van der Waals surface area contributed by atoms with Gasteiger partial charge in [-0.15, -0.1) is 0 Å². The number of phenols is 1. The van der Waals surface area contributed by atoms with Crippen molar-refractivity contribution in [1.82, 2.24) is 0 Å². The third-order valence-electron chi connectivity index (χ3n) is 2.72. The van der Waals surface area contributed by atoms with Crippen molar-refractivity contribution in [2.75, 3.05) is 19.1 Å². The summed E-state index contributed by atoms with van der Waals surface area (Å²) < 4.78 is 5.01. The Balaban J connectivity index is 2.53. The highest BCUT2D eigenvalue weighted by molar-refractivity contribution is 5.96.